The predicted molar refractivity (Wildman–Crippen MR) is 150 cm³/mol. The number of rotatable bonds is 7. The fraction of sp³-hybridized carbons (Fsp3) is 0.259. The van der Waals surface area contributed by atoms with Gasteiger partial charge in [-0.15, -0.1) is 11.3 Å². The minimum absolute atomic E-state index is 0.0536. The van der Waals surface area contributed by atoms with Crippen LogP contribution in [0.4, 0.5) is 0 Å². The van der Waals surface area contributed by atoms with Gasteiger partial charge in [0, 0.05) is 24.2 Å². The molecule has 0 aliphatic carbocycles. The molecule has 3 heterocycles. The number of hydrogen-bond acceptors (Lipinski definition) is 7. The highest BCUT2D eigenvalue weighted by Crippen LogP contribution is 2.37. The highest BCUT2D eigenvalue weighted by Gasteiger charge is 2.28. The molecule has 1 unspecified atom stereocenters. The Morgan fingerprint density at radius 2 is 1.89 bits per heavy atom. The zero-order valence-electron chi connectivity index (χ0n) is 20.6. The van der Waals surface area contributed by atoms with Crippen molar-refractivity contribution in [2.75, 3.05) is 25.9 Å². The van der Waals surface area contributed by atoms with Crippen LogP contribution in [-0.2, 0) is 9.84 Å². The van der Waals surface area contributed by atoms with Crippen LogP contribution in [0.25, 0.3) is 26.7 Å². The van der Waals surface area contributed by atoms with Gasteiger partial charge in [-0.3, -0.25) is 4.79 Å². The lowest BCUT2D eigenvalue weighted by Crippen LogP contribution is -2.40. The first-order valence-electron chi connectivity index (χ1n) is 12.1. The molecular formula is C27H25ClN4O4S2. The molecule has 0 bridgehead atoms. The van der Waals surface area contributed by atoms with E-state index < -0.39 is 9.84 Å². The zero-order chi connectivity index (χ0) is 26.9. The molecule has 2 aromatic heterocycles. The summed E-state index contributed by atoms with van der Waals surface area (Å²) >= 11 is 7.99. The maximum Gasteiger partial charge on any atom is 0.274 e. The average molecular weight is 569 g/mol. The van der Waals surface area contributed by atoms with E-state index in [1.165, 1.54) is 17.6 Å². The second-order valence-electron chi connectivity index (χ2n) is 9.31. The summed E-state index contributed by atoms with van der Waals surface area (Å²) in [4.78, 5) is 28.0. The van der Waals surface area contributed by atoms with Crippen molar-refractivity contribution in [1.29, 1.82) is 0 Å². The Labute approximate surface area is 229 Å². The molecule has 1 aliphatic rings. The standard InChI is InChI=1S/C27H25ClN4O4S2/c1-38(35,36)20-8-4-7-19(14-20)25-11-12-26(37-25)24-15-22(30-32(24)23-10-3-2-9-21(23)28)27(33)31-13-5-6-18(17-31)16-29-34/h2-4,7-12,14-15,18H,5-6,13,16-17H2,1H3. The van der Waals surface area contributed by atoms with Crippen molar-refractivity contribution in [3.8, 4) is 26.7 Å². The van der Waals surface area contributed by atoms with Crippen LogP contribution in [0, 0.1) is 10.8 Å². The first-order valence-corrected chi connectivity index (χ1v) is 15.2. The van der Waals surface area contributed by atoms with E-state index in [0.717, 1.165) is 28.2 Å². The van der Waals surface area contributed by atoms with Gasteiger partial charge in [0.2, 0.25) is 0 Å². The van der Waals surface area contributed by atoms with Gasteiger partial charge in [0.05, 0.1) is 32.7 Å². The molecule has 0 radical (unpaired) electrons. The quantitative estimate of drug-likeness (QED) is 0.257. The van der Waals surface area contributed by atoms with Crippen LogP contribution in [0.1, 0.15) is 23.3 Å². The van der Waals surface area contributed by atoms with Gasteiger partial charge in [-0.25, -0.2) is 13.1 Å². The third-order valence-electron chi connectivity index (χ3n) is 6.55. The molecule has 8 nitrogen and oxygen atoms in total. The van der Waals surface area contributed by atoms with Gasteiger partial charge in [-0.05, 0) is 66.8 Å². The number of hydrogen-bond donors (Lipinski definition) is 0. The third kappa shape index (κ3) is 5.43. The number of para-hydroxylation sites is 1. The number of aromatic nitrogens is 2. The Morgan fingerprint density at radius 1 is 1.11 bits per heavy atom. The van der Waals surface area contributed by atoms with E-state index in [-0.39, 0.29) is 29.0 Å². The molecular weight excluding hydrogens is 544 g/mol. The van der Waals surface area contributed by atoms with Crippen molar-refractivity contribution in [2.45, 2.75) is 17.7 Å². The van der Waals surface area contributed by atoms with Gasteiger partial charge >= 0.3 is 0 Å². The van der Waals surface area contributed by atoms with E-state index in [1.54, 1.807) is 39.9 Å². The van der Waals surface area contributed by atoms with Gasteiger partial charge in [0.25, 0.3) is 5.91 Å². The number of nitroso groups, excluding NO2 is 1. The number of nitrogens with zero attached hydrogens (tertiary/aromatic N) is 4. The van der Waals surface area contributed by atoms with Crippen molar-refractivity contribution in [3.05, 3.63) is 82.4 Å². The molecule has 4 aromatic rings. The highest BCUT2D eigenvalue weighted by molar-refractivity contribution is 7.90. The Morgan fingerprint density at radius 3 is 2.66 bits per heavy atom. The first kappa shape index (κ1) is 26.3. The van der Waals surface area contributed by atoms with Gasteiger partial charge in [0.1, 0.15) is 0 Å². The molecule has 1 amide bonds. The van der Waals surface area contributed by atoms with Crippen LogP contribution >= 0.6 is 22.9 Å². The monoisotopic (exact) mass is 568 g/mol. The Kier molecular flexibility index (Phi) is 7.47. The van der Waals surface area contributed by atoms with E-state index in [0.29, 0.717) is 29.5 Å². The van der Waals surface area contributed by atoms with E-state index in [4.69, 9.17) is 11.6 Å². The van der Waals surface area contributed by atoms with Gasteiger partial charge in [0.15, 0.2) is 15.5 Å². The predicted octanol–water partition coefficient (Wildman–Crippen LogP) is 5.94. The lowest BCUT2D eigenvalue weighted by atomic mass is 9.98. The van der Waals surface area contributed by atoms with Crippen LogP contribution in [0.15, 0.2) is 76.8 Å². The maximum atomic E-state index is 13.5. The zero-order valence-corrected chi connectivity index (χ0v) is 23.0. The van der Waals surface area contributed by atoms with Crippen LogP contribution in [-0.4, -0.2) is 54.9 Å². The SMILES string of the molecule is CS(=O)(=O)c1cccc(-c2ccc(-c3cc(C(=O)N4CCCC(CN=O)C4)nn3-c3ccccc3Cl)s2)c1. The summed E-state index contributed by atoms with van der Waals surface area (Å²) in [6.07, 6.45) is 2.87. The van der Waals surface area contributed by atoms with Crippen LogP contribution in [0.3, 0.4) is 0 Å². The molecule has 1 atom stereocenters. The average Bonchev–Trinajstić information content (AvgIpc) is 3.56. The second-order valence-corrected chi connectivity index (χ2v) is 12.8. The highest BCUT2D eigenvalue weighted by atomic mass is 35.5. The fourth-order valence-electron chi connectivity index (χ4n) is 4.64. The molecule has 1 saturated heterocycles. The lowest BCUT2D eigenvalue weighted by Gasteiger charge is -2.31. The molecule has 0 saturated carbocycles. The van der Waals surface area contributed by atoms with Gasteiger partial charge in [-0.2, -0.15) is 10.0 Å². The van der Waals surface area contributed by atoms with E-state index in [1.807, 2.05) is 36.4 Å². The topological polar surface area (TPSA) is 102 Å². The summed E-state index contributed by atoms with van der Waals surface area (Å²) in [7, 11) is -3.34. The Hall–Kier alpha value is -3.34. The lowest BCUT2D eigenvalue weighted by molar-refractivity contribution is 0.0671. The number of amides is 1. The summed E-state index contributed by atoms with van der Waals surface area (Å²) in [5.74, 6) is -0.150. The van der Waals surface area contributed by atoms with Gasteiger partial charge in [-0.1, -0.05) is 41.0 Å². The minimum atomic E-state index is -3.34. The van der Waals surface area contributed by atoms with E-state index in [9.17, 15) is 18.1 Å². The van der Waals surface area contributed by atoms with Crippen molar-refractivity contribution < 1.29 is 13.2 Å². The minimum Gasteiger partial charge on any atom is -0.337 e. The van der Waals surface area contributed by atoms with E-state index in [2.05, 4.69) is 10.3 Å². The summed E-state index contributed by atoms with van der Waals surface area (Å²) in [6, 6.07) is 19.7. The molecule has 2 aromatic carbocycles. The number of likely N-dealkylation sites (tertiary alicyclic amines) is 1. The Bertz CT molecular complexity index is 1610. The van der Waals surface area contributed by atoms with E-state index >= 15 is 0 Å². The van der Waals surface area contributed by atoms with Crippen molar-refractivity contribution in [1.82, 2.24) is 14.7 Å². The molecule has 0 N–H and O–H groups in total. The Balaban J connectivity index is 1.54. The number of thiophene rings is 1. The number of sulfone groups is 1. The number of carbonyl (C=O) groups is 1. The van der Waals surface area contributed by atoms with Crippen molar-refractivity contribution >= 4 is 38.7 Å². The number of benzene rings is 2. The summed E-state index contributed by atoms with van der Waals surface area (Å²) < 4.78 is 25.8. The smallest absolute Gasteiger partial charge is 0.274 e. The normalized spacial score (nSPS) is 15.9. The summed E-state index contributed by atoms with van der Waals surface area (Å²) in [5.41, 5.74) is 2.40. The maximum absolute atomic E-state index is 13.5. The van der Waals surface area contributed by atoms with Crippen molar-refractivity contribution in [3.63, 3.8) is 0 Å². The fourth-order valence-corrected chi connectivity index (χ4v) is 6.53. The molecule has 5 rings (SSSR count). The molecule has 0 spiro atoms. The molecule has 38 heavy (non-hydrogen) atoms. The van der Waals surface area contributed by atoms with Gasteiger partial charge < -0.3 is 4.90 Å². The summed E-state index contributed by atoms with van der Waals surface area (Å²) in [5, 5.41) is 8.19. The molecule has 11 heteroatoms. The van der Waals surface area contributed by atoms with Crippen LogP contribution in [0.5, 0.6) is 0 Å². The second kappa shape index (κ2) is 10.8. The summed E-state index contributed by atoms with van der Waals surface area (Å²) in [6.45, 7) is 1.27. The molecule has 196 valence electrons. The third-order valence-corrected chi connectivity index (χ3v) is 9.14. The van der Waals surface area contributed by atoms with Crippen molar-refractivity contribution in [2.24, 2.45) is 11.1 Å². The first-order chi connectivity index (χ1) is 18.2. The van der Waals surface area contributed by atoms with Crippen LogP contribution in [0.2, 0.25) is 5.02 Å². The number of halogens is 1. The number of piperidine rings is 1. The molecule has 1 fully saturated rings. The van der Waals surface area contributed by atoms with Crippen LogP contribution < -0.4 is 0 Å². The largest absolute Gasteiger partial charge is 0.337 e. The number of carbonyl (C=O) groups excluding carboxylic acids is 1. The molecule has 1 aliphatic heterocycles.